The van der Waals surface area contributed by atoms with Crippen LogP contribution in [0.25, 0.3) is 0 Å². The topological polar surface area (TPSA) is 29.0 Å². The van der Waals surface area contributed by atoms with Crippen molar-refractivity contribution in [1.82, 2.24) is 9.97 Å². The van der Waals surface area contributed by atoms with Crippen molar-refractivity contribution in [3.63, 3.8) is 0 Å². The van der Waals surface area contributed by atoms with Crippen molar-refractivity contribution in [1.29, 1.82) is 0 Å². The van der Waals surface area contributed by atoms with Crippen molar-refractivity contribution < 1.29 is 0 Å². The number of hydrogen-bond acceptors (Lipinski definition) is 3. The van der Waals surface area contributed by atoms with Crippen molar-refractivity contribution in [2.75, 3.05) is 11.4 Å². The lowest BCUT2D eigenvalue weighted by atomic mass is 10.1. The summed E-state index contributed by atoms with van der Waals surface area (Å²) < 4.78 is 0. The second-order valence-electron chi connectivity index (χ2n) is 4.42. The molecule has 2 aromatic rings. The molecule has 0 radical (unpaired) electrons. The molecule has 3 heteroatoms. The number of aromatic nitrogens is 2. The summed E-state index contributed by atoms with van der Waals surface area (Å²) in [4.78, 5) is 11.2. The lowest BCUT2D eigenvalue weighted by molar-refractivity contribution is 0.700. The van der Waals surface area contributed by atoms with Crippen LogP contribution in [0.3, 0.4) is 0 Å². The molecule has 0 saturated heterocycles. The first-order valence-electron chi connectivity index (χ1n) is 5.94. The zero-order valence-corrected chi connectivity index (χ0v) is 9.93. The molecule has 1 aliphatic heterocycles. The summed E-state index contributed by atoms with van der Waals surface area (Å²) in [5.41, 5.74) is 3.79. The minimum Gasteiger partial charge on any atom is -0.352 e. The lowest BCUT2D eigenvalue weighted by Crippen LogP contribution is -2.32. The smallest absolute Gasteiger partial charge is 0.131 e. The Labute approximate surface area is 101 Å². The van der Waals surface area contributed by atoms with Gasteiger partial charge in [0.15, 0.2) is 0 Å². The van der Waals surface area contributed by atoms with E-state index in [9.17, 15) is 0 Å². The molecule has 17 heavy (non-hydrogen) atoms. The van der Waals surface area contributed by atoms with E-state index in [0.717, 1.165) is 25.3 Å². The molecule has 0 fully saturated rings. The summed E-state index contributed by atoms with van der Waals surface area (Å²) >= 11 is 0. The van der Waals surface area contributed by atoms with E-state index in [2.05, 4.69) is 33.9 Å². The molecule has 1 aliphatic rings. The van der Waals surface area contributed by atoms with Crippen LogP contribution in [0.1, 0.15) is 16.8 Å². The number of rotatable bonds is 1. The Morgan fingerprint density at radius 3 is 2.82 bits per heavy atom. The van der Waals surface area contributed by atoms with E-state index >= 15 is 0 Å². The molecule has 0 unspecified atom stereocenters. The van der Waals surface area contributed by atoms with Crippen LogP contribution in [0.5, 0.6) is 0 Å². The predicted molar refractivity (Wildman–Crippen MR) is 68.0 cm³/mol. The summed E-state index contributed by atoms with van der Waals surface area (Å²) in [7, 11) is 0. The third-order valence-electron chi connectivity index (χ3n) is 3.25. The highest BCUT2D eigenvalue weighted by Crippen LogP contribution is 2.23. The molecule has 3 rings (SSSR count). The van der Waals surface area contributed by atoms with Crippen molar-refractivity contribution in [3.05, 3.63) is 53.5 Å². The highest BCUT2D eigenvalue weighted by Gasteiger charge is 2.18. The first-order chi connectivity index (χ1) is 8.34. The second-order valence-corrected chi connectivity index (χ2v) is 4.42. The van der Waals surface area contributed by atoms with Crippen LogP contribution in [-0.2, 0) is 13.0 Å². The highest BCUT2D eigenvalue weighted by molar-refractivity contribution is 5.48. The van der Waals surface area contributed by atoms with Gasteiger partial charge in [-0.2, -0.15) is 0 Å². The Bertz CT molecular complexity index is 536. The van der Waals surface area contributed by atoms with Crippen molar-refractivity contribution in [2.24, 2.45) is 0 Å². The number of fused-ring (bicyclic) bond motifs is 1. The minimum atomic E-state index is 0.918. The van der Waals surface area contributed by atoms with Gasteiger partial charge in [-0.15, -0.1) is 0 Å². The highest BCUT2D eigenvalue weighted by atomic mass is 15.2. The Morgan fingerprint density at radius 1 is 1.12 bits per heavy atom. The van der Waals surface area contributed by atoms with E-state index in [-0.39, 0.29) is 0 Å². The van der Waals surface area contributed by atoms with Gasteiger partial charge in [-0.3, -0.25) is 4.98 Å². The van der Waals surface area contributed by atoms with Crippen LogP contribution in [0.2, 0.25) is 0 Å². The van der Waals surface area contributed by atoms with Crippen LogP contribution in [0, 0.1) is 6.92 Å². The monoisotopic (exact) mass is 225 g/mol. The van der Waals surface area contributed by atoms with E-state index in [1.807, 2.05) is 24.5 Å². The molecule has 3 nitrogen and oxygen atoms in total. The molecule has 0 atom stereocenters. The second kappa shape index (κ2) is 4.17. The van der Waals surface area contributed by atoms with Gasteiger partial charge >= 0.3 is 0 Å². The Morgan fingerprint density at radius 2 is 1.94 bits per heavy atom. The zero-order valence-electron chi connectivity index (χ0n) is 9.93. The van der Waals surface area contributed by atoms with Gasteiger partial charge in [0.05, 0.1) is 0 Å². The molecule has 3 heterocycles. The summed E-state index contributed by atoms with van der Waals surface area (Å²) in [6.45, 7) is 4.03. The zero-order chi connectivity index (χ0) is 11.7. The third-order valence-corrected chi connectivity index (χ3v) is 3.25. The van der Waals surface area contributed by atoms with Crippen molar-refractivity contribution in [2.45, 2.75) is 19.9 Å². The van der Waals surface area contributed by atoms with Gasteiger partial charge in [0.2, 0.25) is 0 Å². The van der Waals surface area contributed by atoms with E-state index in [4.69, 9.17) is 0 Å². The first-order valence-corrected chi connectivity index (χ1v) is 5.94. The normalized spacial score (nSPS) is 14.5. The summed E-state index contributed by atoms with van der Waals surface area (Å²) in [6.07, 6.45) is 4.74. The SMILES string of the molecule is Cc1cccnc1N1CCc2ncccc2C1. The van der Waals surface area contributed by atoms with Crippen LogP contribution in [0.15, 0.2) is 36.7 Å². The quantitative estimate of drug-likeness (QED) is 0.746. The van der Waals surface area contributed by atoms with Gasteiger partial charge in [-0.25, -0.2) is 4.98 Å². The van der Waals surface area contributed by atoms with E-state index < -0.39 is 0 Å². The molecule has 0 aliphatic carbocycles. The number of pyridine rings is 2. The van der Waals surface area contributed by atoms with Gasteiger partial charge in [0, 0.05) is 37.6 Å². The largest absolute Gasteiger partial charge is 0.352 e. The van der Waals surface area contributed by atoms with E-state index in [0.29, 0.717) is 0 Å². The lowest BCUT2D eigenvalue weighted by Gasteiger charge is -2.30. The molecular weight excluding hydrogens is 210 g/mol. The number of hydrogen-bond donors (Lipinski definition) is 0. The summed E-state index contributed by atoms with van der Waals surface area (Å²) in [5, 5.41) is 0. The van der Waals surface area contributed by atoms with Crippen LogP contribution >= 0.6 is 0 Å². The van der Waals surface area contributed by atoms with Crippen LogP contribution in [0.4, 0.5) is 5.82 Å². The van der Waals surface area contributed by atoms with E-state index in [1.54, 1.807) is 0 Å². The van der Waals surface area contributed by atoms with Gasteiger partial charge in [0.25, 0.3) is 0 Å². The average molecular weight is 225 g/mol. The summed E-state index contributed by atoms with van der Waals surface area (Å²) in [5.74, 6) is 1.10. The van der Waals surface area contributed by atoms with Gasteiger partial charge < -0.3 is 4.90 Å². The fraction of sp³-hybridized carbons (Fsp3) is 0.286. The maximum Gasteiger partial charge on any atom is 0.131 e. The molecule has 0 spiro atoms. The maximum absolute atomic E-state index is 4.48. The molecule has 0 bridgehead atoms. The van der Waals surface area contributed by atoms with Crippen molar-refractivity contribution >= 4 is 5.82 Å². The minimum absolute atomic E-state index is 0.918. The first kappa shape index (κ1) is 10.3. The molecular formula is C14H15N3. The van der Waals surface area contributed by atoms with Crippen LogP contribution in [-0.4, -0.2) is 16.5 Å². The molecule has 2 aromatic heterocycles. The van der Waals surface area contributed by atoms with Crippen molar-refractivity contribution in [3.8, 4) is 0 Å². The fourth-order valence-corrected chi connectivity index (χ4v) is 2.36. The third kappa shape index (κ3) is 1.88. The maximum atomic E-state index is 4.48. The fourth-order valence-electron chi connectivity index (χ4n) is 2.36. The molecule has 86 valence electrons. The predicted octanol–water partition coefficient (Wildman–Crippen LogP) is 2.35. The van der Waals surface area contributed by atoms with Gasteiger partial charge in [0.1, 0.15) is 5.82 Å². The molecule has 0 N–H and O–H groups in total. The van der Waals surface area contributed by atoms with E-state index in [1.165, 1.54) is 16.8 Å². The van der Waals surface area contributed by atoms with Crippen LogP contribution < -0.4 is 4.90 Å². The molecule has 0 aromatic carbocycles. The van der Waals surface area contributed by atoms with Gasteiger partial charge in [-0.05, 0) is 30.2 Å². The Hall–Kier alpha value is -1.90. The standard InChI is InChI=1S/C14H15N3/c1-11-4-2-8-16-14(11)17-9-6-13-12(10-17)5-3-7-15-13/h2-5,7-8H,6,9-10H2,1H3. The van der Waals surface area contributed by atoms with Gasteiger partial charge in [-0.1, -0.05) is 12.1 Å². The number of aryl methyl sites for hydroxylation is 1. The molecule has 0 saturated carbocycles. The Balaban J connectivity index is 1.92. The average Bonchev–Trinajstić information content (AvgIpc) is 2.39. The summed E-state index contributed by atoms with van der Waals surface area (Å²) in [6, 6.07) is 8.26. The number of anilines is 1. The molecule has 0 amide bonds. The number of nitrogens with zero attached hydrogens (tertiary/aromatic N) is 3. The Kier molecular flexibility index (Phi) is 2.52.